The van der Waals surface area contributed by atoms with E-state index in [9.17, 15) is 5.11 Å². The Morgan fingerprint density at radius 2 is 2.00 bits per heavy atom. The molecule has 1 heterocycles. The molecule has 1 saturated carbocycles. The summed E-state index contributed by atoms with van der Waals surface area (Å²) in [7, 11) is 0. The highest BCUT2D eigenvalue weighted by atomic mass is 16.3. The zero-order valence-corrected chi connectivity index (χ0v) is 12.2. The Hall–Kier alpha value is -1.87. The number of pyridine rings is 1. The summed E-state index contributed by atoms with van der Waals surface area (Å²) >= 11 is 0. The van der Waals surface area contributed by atoms with Crippen molar-refractivity contribution >= 4 is 5.82 Å². The molecule has 1 aromatic heterocycles. The first-order valence-electron chi connectivity index (χ1n) is 7.65. The van der Waals surface area contributed by atoms with Gasteiger partial charge in [0.15, 0.2) is 0 Å². The van der Waals surface area contributed by atoms with E-state index in [-0.39, 0.29) is 5.92 Å². The van der Waals surface area contributed by atoms with Gasteiger partial charge in [0.1, 0.15) is 5.82 Å². The molecular formula is C18H22N2O. The average Bonchev–Trinajstić information content (AvgIpc) is 2.48. The molecule has 0 saturated heterocycles. The molecule has 3 nitrogen and oxygen atoms in total. The summed E-state index contributed by atoms with van der Waals surface area (Å²) in [6.45, 7) is 0. The molecule has 0 amide bonds. The van der Waals surface area contributed by atoms with Crippen molar-refractivity contribution in [1.29, 1.82) is 0 Å². The van der Waals surface area contributed by atoms with Crippen LogP contribution in [-0.4, -0.2) is 15.7 Å². The number of nitrogens with zero attached hydrogens (tertiary/aromatic N) is 1. The summed E-state index contributed by atoms with van der Waals surface area (Å²) in [5.41, 5.74) is 7.37. The lowest BCUT2D eigenvalue weighted by atomic mass is 9.69. The minimum absolute atomic E-state index is 0.196. The van der Waals surface area contributed by atoms with Crippen LogP contribution >= 0.6 is 0 Å². The van der Waals surface area contributed by atoms with Crippen LogP contribution in [0.3, 0.4) is 0 Å². The minimum atomic E-state index is -0.687. The molecule has 3 N–H and O–H groups in total. The standard InChI is InChI=1S/C18H22N2O/c19-17-12-14(9-11-20-17)13-18(21)10-5-4-8-16(18)15-6-2-1-3-7-15/h1-3,6-7,9,11-12,16,21H,4-5,8,10,13H2,(H2,19,20). The molecule has 2 unspecified atom stereocenters. The summed E-state index contributed by atoms with van der Waals surface area (Å²) in [4.78, 5) is 4.03. The molecule has 1 aliphatic carbocycles. The Balaban J connectivity index is 1.88. The second kappa shape index (κ2) is 5.86. The van der Waals surface area contributed by atoms with Crippen LogP contribution in [0.25, 0.3) is 0 Å². The van der Waals surface area contributed by atoms with Crippen LogP contribution in [0.2, 0.25) is 0 Å². The molecule has 1 aliphatic rings. The van der Waals surface area contributed by atoms with Crippen molar-refractivity contribution in [2.45, 2.75) is 43.6 Å². The van der Waals surface area contributed by atoms with Gasteiger partial charge in [-0.1, -0.05) is 43.2 Å². The van der Waals surface area contributed by atoms with E-state index in [0.717, 1.165) is 24.8 Å². The largest absolute Gasteiger partial charge is 0.389 e. The fourth-order valence-corrected chi connectivity index (χ4v) is 3.55. The van der Waals surface area contributed by atoms with E-state index in [1.807, 2.05) is 18.2 Å². The molecular weight excluding hydrogens is 260 g/mol. The Morgan fingerprint density at radius 3 is 2.76 bits per heavy atom. The van der Waals surface area contributed by atoms with Gasteiger partial charge in [0.25, 0.3) is 0 Å². The van der Waals surface area contributed by atoms with Gasteiger partial charge < -0.3 is 10.8 Å². The predicted octanol–water partition coefficient (Wildman–Crippen LogP) is 3.30. The minimum Gasteiger partial charge on any atom is -0.389 e. The third-order valence-corrected chi connectivity index (χ3v) is 4.56. The van der Waals surface area contributed by atoms with Gasteiger partial charge in [0.05, 0.1) is 5.60 Å². The fourth-order valence-electron chi connectivity index (χ4n) is 3.55. The van der Waals surface area contributed by atoms with Crippen molar-refractivity contribution < 1.29 is 5.11 Å². The number of nitrogen functional groups attached to an aromatic ring is 1. The van der Waals surface area contributed by atoms with Crippen LogP contribution in [-0.2, 0) is 6.42 Å². The molecule has 1 aromatic carbocycles. The molecule has 110 valence electrons. The third-order valence-electron chi connectivity index (χ3n) is 4.56. The maximum atomic E-state index is 11.3. The van der Waals surface area contributed by atoms with Gasteiger partial charge in [-0.15, -0.1) is 0 Å². The highest BCUT2D eigenvalue weighted by molar-refractivity contribution is 5.34. The molecule has 0 spiro atoms. The van der Waals surface area contributed by atoms with E-state index in [0.29, 0.717) is 12.2 Å². The van der Waals surface area contributed by atoms with Crippen molar-refractivity contribution in [1.82, 2.24) is 4.98 Å². The van der Waals surface area contributed by atoms with E-state index in [1.54, 1.807) is 6.20 Å². The van der Waals surface area contributed by atoms with Crippen LogP contribution in [0.15, 0.2) is 48.7 Å². The number of hydrogen-bond donors (Lipinski definition) is 2. The zero-order valence-electron chi connectivity index (χ0n) is 12.2. The highest BCUT2D eigenvalue weighted by Crippen LogP contribution is 2.42. The first kappa shape index (κ1) is 14.1. The number of nitrogens with two attached hydrogens (primary N) is 1. The number of anilines is 1. The Bertz CT molecular complexity index is 599. The van der Waals surface area contributed by atoms with Gasteiger partial charge >= 0.3 is 0 Å². The van der Waals surface area contributed by atoms with Gasteiger partial charge in [0, 0.05) is 18.5 Å². The van der Waals surface area contributed by atoms with Gasteiger partial charge in [-0.25, -0.2) is 4.98 Å². The normalized spacial score (nSPS) is 25.7. The van der Waals surface area contributed by atoms with Crippen LogP contribution in [0.4, 0.5) is 5.82 Å². The van der Waals surface area contributed by atoms with Gasteiger partial charge in [0.2, 0.25) is 0 Å². The van der Waals surface area contributed by atoms with Crippen molar-refractivity contribution in [2.75, 3.05) is 5.73 Å². The Kier molecular flexibility index (Phi) is 3.93. The quantitative estimate of drug-likeness (QED) is 0.908. The van der Waals surface area contributed by atoms with Crippen LogP contribution in [0, 0.1) is 0 Å². The number of hydrogen-bond acceptors (Lipinski definition) is 3. The maximum absolute atomic E-state index is 11.3. The van der Waals surface area contributed by atoms with Crippen LogP contribution < -0.4 is 5.73 Å². The predicted molar refractivity (Wildman–Crippen MR) is 85.0 cm³/mol. The molecule has 1 fully saturated rings. The van der Waals surface area contributed by atoms with Crippen LogP contribution in [0.5, 0.6) is 0 Å². The van der Waals surface area contributed by atoms with E-state index >= 15 is 0 Å². The first-order chi connectivity index (χ1) is 10.2. The number of aromatic nitrogens is 1. The summed E-state index contributed by atoms with van der Waals surface area (Å²) in [5, 5.41) is 11.3. The molecule has 3 rings (SSSR count). The van der Waals surface area contributed by atoms with Crippen molar-refractivity contribution in [3.8, 4) is 0 Å². The number of benzene rings is 1. The second-order valence-electron chi connectivity index (χ2n) is 6.08. The van der Waals surface area contributed by atoms with E-state index < -0.39 is 5.60 Å². The summed E-state index contributed by atoms with van der Waals surface area (Å²) < 4.78 is 0. The molecule has 0 radical (unpaired) electrons. The molecule has 2 aromatic rings. The Labute approximate surface area is 125 Å². The van der Waals surface area contributed by atoms with Gasteiger partial charge in [-0.3, -0.25) is 0 Å². The van der Waals surface area contributed by atoms with Crippen molar-refractivity contribution in [2.24, 2.45) is 0 Å². The van der Waals surface area contributed by atoms with E-state index in [4.69, 9.17) is 5.73 Å². The van der Waals surface area contributed by atoms with Gasteiger partial charge in [-0.05, 0) is 36.1 Å². The smallest absolute Gasteiger partial charge is 0.123 e. The molecule has 21 heavy (non-hydrogen) atoms. The summed E-state index contributed by atoms with van der Waals surface area (Å²) in [5.74, 6) is 0.713. The molecule has 2 atom stereocenters. The summed E-state index contributed by atoms with van der Waals surface area (Å²) in [6.07, 6.45) is 6.50. The monoisotopic (exact) mass is 282 g/mol. The van der Waals surface area contributed by atoms with Gasteiger partial charge in [-0.2, -0.15) is 0 Å². The van der Waals surface area contributed by atoms with Crippen molar-refractivity contribution in [3.63, 3.8) is 0 Å². The number of rotatable bonds is 3. The lowest BCUT2D eigenvalue weighted by molar-refractivity contribution is -0.0166. The fraction of sp³-hybridized carbons (Fsp3) is 0.389. The topological polar surface area (TPSA) is 59.1 Å². The first-order valence-corrected chi connectivity index (χ1v) is 7.65. The molecule has 0 aliphatic heterocycles. The highest BCUT2D eigenvalue weighted by Gasteiger charge is 2.39. The van der Waals surface area contributed by atoms with E-state index in [1.165, 1.54) is 12.0 Å². The summed E-state index contributed by atoms with van der Waals surface area (Å²) in [6, 6.07) is 14.2. The zero-order chi connectivity index (χ0) is 14.7. The Morgan fingerprint density at radius 1 is 1.19 bits per heavy atom. The lowest BCUT2D eigenvalue weighted by Gasteiger charge is -2.40. The SMILES string of the molecule is Nc1cc(CC2(O)CCCCC2c2ccccc2)ccn1. The molecule has 0 bridgehead atoms. The average molecular weight is 282 g/mol. The maximum Gasteiger partial charge on any atom is 0.123 e. The number of aliphatic hydroxyl groups is 1. The van der Waals surface area contributed by atoms with Crippen LogP contribution in [0.1, 0.15) is 42.7 Å². The lowest BCUT2D eigenvalue weighted by Crippen LogP contribution is -2.41. The van der Waals surface area contributed by atoms with Crippen molar-refractivity contribution in [3.05, 3.63) is 59.8 Å². The second-order valence-corrected chi connectivity index (χ2v) is 6.08. The third kappa shape index (κ3) is 3.08. The van der Waals surface area contributed by atoms with E-state index in [2.05, 4.69) is 29.2 Å². The molecule has 3 heteroatoms.